The summed E-state index contributed by atoms with van der Waals surface area (Å²) in [6.45, 7) is 3.40. The van der Waals surface area contributed by atoms with E-state index in [0.717, 1.165) is 21.3 Å². The van der Waals surface area contributed by atoms with Gasteiger partial charge in [0.05, 0.1) is 12.5 Å². The molecule has 0 fully saturated rings. The number of aryl methyl sites for hydroxylation is 2. The summed E-state index contributed by atoms with van der Waals surface area (Å²) in [6, 6.07) is -0.710. The first-order valence-electron chi connectivity index (χ1n) is 5.78. The maximum absolute atomic E-state index is 12.3. The molecule has 0 saturated heterocycles. The lowest BCUT2D eigenvalue weighted by molar-refractivity contribution is -0.139. The van der Waals surface area contributed by atoms with Gasteiger partial charge in [-0.05, 0) is 19.4 Å². The summed E-state index contributed by atoms with van der Waals surface area (Å²) >= 11 is 1.40. The van der Waals surface area contributed by atoms with Crippen molar-refractivity contribution >= 4 is 33.6 Å². The number of hydrogen-bond acceptors (Lipinski definition) is 6. The van der Waals surface area contributed by atoms with Crippen molar-refractivity contribution in [1.29, 1.82) is 0 Å². The van der Waals surface area contributed by atoms with E-state index in [1.54, 1.807) is 0 Å². The van der Waals surface area contributed by atoms with Crippen molar-refractivity contribution in [3.63, 3.8) is 0 Å². The van der Waals surface area contributed by atoms with Gasteiger partial charge in [0.2, 0.25) is 0 Å². The molecule has 2 aromatic heterocycles. The Morgan fingerprint density at radius 2 is 2.15 bits per heavy atom. The number of carbonyl (C=O) groups is 2. The number of nitrogens with zero attached hydrogens (tertiary/aromatic N) is 2. The van der Waals surface area contributed by atoms with Crippen LogP contribution in [-0.2, 0) is 9.53 Å². The molecule has 0 unspecified atom stereocenters. The number of amides is 1. The molecule has 0 aromatic carbocycles. The SMILES string of the molecule is COC(=O)CNC(=O)n1cnc2sc(C)c(C)c2c1=O. The third kappa shape index (κ3) is 2.42. The number of aromatic nitrogens is 2. The van der Waals surface area contributed by atoms with Crippen LogP contribution >= 0.6 is 11.3 Å². The number of hydrogen-bond donors (Lipinski definition) is 1. The lowest BCUT2D eigenvalue weighted by Gasteiger charge is -2.05. The Bertz CT molecular complexity index is 747. The number of rotatable bonds is 2. The van der Waals surface area contributed by atoms with Crippen LogP contribution in [0.5, 0.6) is 0 Å². The lowest BCUT2D eigenvalue weighted by Crippen LogP contribution is -2.39. The number of ether oxygens (including phenoxy) is 1. The first-order chi connectivity index (χ1) is 9.45. The number of nitrogens with one attached hydrogen (secondary N) is 1. The molecule has 2 heterocycles. The first-order valence-corrected chi connectivity index (χ1v) is 6.59. The summed E-state index contributed by atoms with van der Waals surface area (Å²) in [6.07, 6.45) is 1.16. The number of carbonyl (C=O) groups excluding carboxylic acids is 2. The summed E-state index contributed by atoms with van der Waals surface area (Å²) in [4.78, 5) is 40.8. The van der Waals surface area contributed by atoms with Crippen molar-refractivity contribution in [2.75, 3.05) is 13.7 Å². The van der Waals surface area contributed by atoms with Gasteiger partial charge in [-0.1, -0.05) is 0 Å². The zero-order chi connectivity index (χ0) is 14.9. The second-order valence-electron chi connectivity index (χ2n) is 4.12. The van der Waals surface area contributed by atoms with Crippen molar-refractivity contribution in [1.82, 2.24) is 14.9 Å². The molecule has 0 aliphatic heterocycles. The highest BCUT2D eigenvalue weighted by atomic mass is 32.1. The third-order valence-electron chi connectivity index (χ3n) is 2.92. The molecule has 7 nitrogen and oxygen atoms in total. The predicted octanol–water partition coefficient (Wildman–Crippen LogP) is 0.806. The van der Waals surface area contributed by atoms with E-state index in [9.17, 15) is 14.4 Å². The van der Waals surface area contributed by atoms with Crippen molar-refractivity contribution in [2.24, 2.45) is 0 Å². The van der Waals surface area contributed by atoms with E-state index < -0.39 is 17.6 Å². The topological polar surface area (TPSA) is 90.3 Å². The molecule has 0 aliphatic rings. The minimum absolute atomic E-state index is 0.304. The average molecular weight is 295 g/mol. The molecule has 20 heavy (non-hydrogen) atoms. The van der Waals surface area contributed by atoms with Gasteiger partial charge < -0.3 is 10.1 Å². The van der Waals surface area contributed by atoms with Gasteiger partial charge in [0.15, 0.2) is 0 Å². The van der Waals surface area contributed by atoms with Crippen LogP contribution in [0.4, 0.5) is 4.79 Å². The van der Waals surface area contributed by atoms with Crippen LogP contribution in [-0.4, -0.2) is 35.2 Å². The van der Waals surface area contributed by atoms with Crippen LogP contribution in [0.15, 0.2) is 11.1 Å². The Kier molecular flexibility index (Phi) is 3.84. The standard InChI is InChI=1S/C12H13N3O4S/c1-6-7(2)20-10-9(6)11(17)15(5-14-10)12(18)13-4-8(16)19-3/h5H,4H2,1-3H3,(H,13,18). The van der Waals surface area contributed by atoms with Gasteiger partial charge in [-0.25, -0.2) is 14.3 Å². The number of thiophene rings is 1. The minimum atomic E-state index is -0.710. The highest BCUT2D eigenvalue weighted by Gasteiger charge is 2.16. The lowest BCUT2D eigenvalue weighted by atomic mass is 10.2. The molecular weight excluding hydrogens is 282 g/mol. The Balaban J connectivity index is 2.38. The van der Waals surface area contributed by atoms with Crippen LogP contribution in [0.1, 0.15) is 10.4 Å². The predicted molar refractivity (Wildman–Crippen MR) is 74.2 cm³/mol. The molecule has 2 aromatic rings. The van der Waals surface area contributed by atoms with E-state index in [0.29, 0.717) is 10.2 Å². The van der Waals surface area contributed by atoms with Crippen molar-refractivity contribution < 1.29 is 14.3 Å². The van der Waals surface area contributed by atoms with E-state index in [1.807, 2.05) is 13.8 Å². The maximum atomic E-state index is 12.3. The molecule has 0 radical (unpaired) electrons. The van der Waals surface area contributed by atoms with E-state index in [4.69, 9.17) is 0 Å². The fourth-order valence-corrected chi connectivity index (χ4v) is 2.67. The van der Waals surface area contributed by atoms with Gasteiger partial charge in [0.1, 0.15) is 17.7 Å². The highest BCUT2D eigenvalue weighted by molar-refractivity contribution is 7.18. The minimum Gasteiger partial charge on any atom is -0.468 e. The van der Waals surface area contributed by atoms with E-state index >= 15 is 0 Å². The van der Waals surface area contributed by atoms with Gasteiger partial charge in [0, 0.05) is 4.88 Å². The van der Waals surface area contributed by atoms with Crippen molar-refractivity contribution in [3.8, 4) is 0 Å². The molecule has 106 valence electrons. The van der Waals surface area contributed by atoms with Gasteiger partial charge in [0.25, 0.3) is 5.56 Å². The van der Waals surface area contributed by atoms with Crippen LogP contribution in [0, 0.1) is 13.8 Å². The number of fused-ring (bicyclic) bond motifs is 1. The Morgan fingerprint density at radius 1 is 1.45 bits per heavy atom. The van der Waals surface area contributed by atoms with E-state index in [-0.39, 0.29) is 6.54 Å². The smallest absolute Gasteiger partial charge is 0.330 e. The van der Waals surface area contributed by atoms with Gasteiger partial charge in [-0.2, -0.15) is 0 Å². The number of methoxy groups -OCH3 is 1. The number of esters is 1. The second kappa shape index (κ2) is 5.41. The molecule has 0 atom stereocenters. The van der Waals surface area contributed by atoms with Crippen LogP contribution < -0.4 is 10.9 Å². The molecule has 2 rings (SSSR count). The van der Waals surface area contributed by atoms with E-state index in [2.05, 4.69) is 15.0 Å². The molecule has 0 aliphatic carbocycles. The summed E-state index contributed by atoms with van der Waals surface area (Å²) in [5, 5.41) is 2.73. The average Bonchev–Trinajstić information content (AvgIpc) is 2.72. The Morgan fingerprint density at radius 3 is 2.80 bits per heavy atom. The summed E-state index contributed by atoms with van der Waals surface area (Å²) in [7, 11) is 1.21. The summed E-state index contributed by atoms with van der Waals surface area (Å²) < 4.78 is 5.26. The third-order valence-corrected chi connectivity index (χ3v) is 4.04. The van der Waals surface area contributed by atoms with Gasteiger partial charge >= 0.3 is 12.0 Å². The first kappa shape index (κ1) is 14.2. The molecule has 0 bridgehead atoms. The fourth-order valence-electron chi connectivity index (χ4n) is 1.68. The molecular formula is C12H13N3O4S. The molecule has 1 N–H and O–H groups in total. The molecule has 0 spiro atoms. The molecule has 0 saturated carbocycles. The highest BCUT2D eigenvalue weighted by Crippen LogP contribution is 2.25. The normalized spacial score (nSPS) is 10.6. The fraction of sp³-hybridized carbons (Fsp3) is 0.333. The van der Waals surface area contributed by atoms with Crippen LogP contribution in [0.3, 0.4) is 0 Å². The zero-order valence-corrected chi connectivity index (χ0v) is 12.0. The van der Waals surface area contributed by atoms with E-state index in [1.165, 1.54) is 18.4 Å². The molecule has 1 amide bonds. The van der Waals surface area contributed by atoms with Crippen molar-refractivity contribution in [2.45, 2.75) is 13.8 Å². The quantitative estimate of drug-likeness (QED) is 0.828. The summed E-state index contributed by atoms with van der Waals surface area (Å²) in [5.74, 6) is -0.594. The molecule has 8 heteroatoms. The largest absolute Gasteiger partial charge is 0.468 e. The zero-order valence-electron chi connectivity index (χ0n) is 11.2. The van der Waals surface area contributed by atoms with Crippen LogP contribution in [0.25, 0.3) is 10.2 Å². The van der Waals surface area contributed by atoms with Crippen LogP contribution in [0.2, 0.25) is 0 Å². The van der Waals surface area contributed by atoms with Gasteiger partial charge in [-0.3, -0.25) is 9.59 Å². The second-order valence-corrected chi connectivity index (χ2v) is 5.32. The van der Waals surface area contributed by atoms with Gasteiger partial charge in [-0.15, -0.1) is 11.3 Å². The van der Waals surface area contributed by atoms with Crippen molar-refractivity contribution in [3.05, 3.63) is 27.1 Å². The monoisotopic (exact) mass is 295 g/mol. The Hall–Kier alpha value is -2.22. The summed E-state index contributed by atoms with van der Waals surface area (Å²) in [5.41, 5.74) is 0.372. The Labute approximate surface area is 118 Å². The maximum Gasteiger partial charge on any atom is 0.330 e.